The Balaban J connectivity index is 2.02. The lowest BCUT2D eigenvalue weighted by Gasteiger charge is -2.06. The van der Waals surface area contributed by atoms with Crippen LogP contribution in [-0.2, 0) is 0 Å². The molecule has 1 N–H and O–H groups in total. The van der Waals surface area contributed by atoms with Crippen molar-refractivity contribution in [2.24, 2.45) is 9.98 Å². The average molecular weight is 423 g/mol. The Morgan fingerprint density at radius 2 is 1.58 bits per heavy atom. The van der Waals surface area contributed by atoms with E-state index in [1.54, 1.807) is 0 Å². The van der Waals surface area contributed by atoms with Crippen molar-refractivity contribution in [3.63, 3.8) is 0 Å². The van der Waals surface area contributed by atoms with Gasteiger partial charge in [-0.2, -0.15) is 10.5 Å². The highest BCUT2D eigenvalue weighted by Gasteiger charge is 2.22. The van der Waals surface area contributed by atoms with Gasteiger partial charge in [-0.1, -0.05) is 30.3 Å². The van der Waals surface area contributed by atoms with Gasteiger partial charge in [0.05, 0.1) is 0 Å². The zero-order valence-corrected chi connectivity index (χ0v) is 14.5. The third-order valence-corrected chi connectivity index (χ3v) is 3.98. The second-order valence-corrected chi connectivity index (χ2v) is 6.09. The number of amidine groups is 2. The summed E-state index contributed by atoms with van der Waals surface area (Å²) in [5.74, 6) is 0.870. The second-order valence-electron chi connectivity index (χ2n) is 4.84. The van der Waals surface area contributed by atoms with Gasteiger partial charge in [0.2, 0.25) is 0 Å². The van der Waals surface area contributed by atoms with Crippen LogP contribution in [0.15, 0.2) is 75.9 Å². The van der Waals surface area contributed by atoms with Crippen LogP contribution >= 0.6 is 22.6 Å². The molecule has 24 heavy (non-hydrogen) atoms. The van der Waals surface area contributed by atoms with Crippen molar-refractivity contribution in [2.75, 3.05) is 5.32 Å². The molecule has 114 valence electrons. The zero-order chi connectivity index (χ0) is 16.9. The first-order chi connectivity index (χ1) is 11.7. The van der Waals surface area contributed by atoms with E-state index in [0.29, 0.717) is 11.7 Å². The van der Waals surface area contributed by atoms with E-state index in [1.807, 2.05) is 66.7 Å². The molecule has 0 unspecified atom stereocenters. The first-order valence-electron chi connectivity index (χ1n) is 7.01. The quantitative estimate of drug-likeness (QED) is 0.588. The molecule has 2 aromatic carbocycles. The van der Waals surface area contributed by atoms with Crippen LogP contribution in [0.25, 0.3) is 0 Å². The van der Waals surface area contributed by atoms with Gasteiger partial charge in [-0.25, -0.2) is 9.98 Å². The van der Waals surface area contributed by atoms with E-state index in [0.717, 1.165) is 14.8 Å². The van der Waals surface area contributed by atoms with E-state index < -0.39 is 0 Å². The van der Waals surface area contributed by atoms with Crippen LogP contribution in [0.2, 0.25) is 0 Å². The summed E-state index contributed by atoms with van der Waals surface area (Å²) in [6, 6.07) is 20.9. The number of halogens is 1. The van der Waals surface area contributed by atoms with Gasteiger partial charge in [-0.15, -0.1) is 0 Å². The lowest BCUT2D eigenvalue weighted by Crippen LogP contribution is -2.13. The van der Waals surface area contributed by atoms with Crippen LogP contribution in [0, 0.1) is 26.2 Å². The van der Waals surface area contributed by atoms with E-state index in [-0.39, 0.29) is 11.3 Å². The molecule has 1 aliphatic heterocycles. The van der Waals surface area contributed by atoms with Gasteiger partial charge in [0.1, 0.15) is 17.8 Å². The van der Waals surface area contributed by atoms with E-state index in [1.165, 1.54) is 0 Å². The Morgan fingerprint density at radius 1 is 0.917 bits per heavy atom. The number of aliphatic imine (C=N–C) groups is 2. The predicted octanol–water partition coefficient (Wildman–Crippen LogP) is 3.86. The summed E-state index contributed by atoms with van der Waals surface area (Å²) >= 11 is 2.22. The van der Waals surface area contributed by atoms with E-state index in [2.05, 4.69) is 37.9 Å². The van der Waals surface area contributed by atoms with Gasteiger partial charge in [0, 0.05) is 14.8 Å². The van der Waals surface area contributed by atoms with Crippen LogP contribution in [0.4, 0.5) is 5.69 Å². The number of nitriles is 2. The molecule has 3 rings (SSSR count). The monoisotopic (exact) mass is 423 g/mol. The van der Waals surface area contributed by atoms with Crippen molar-refractivity contribution >= 4 is 39.9 Å². The molecule has 0 amide bonds. The molecule has 5 nitrogen and oxygen atoms in total. The molecule has 0 bridgehead atoms. The Morgan fingerprint density at radius 3 is 2.21 bits per heavy atom. The topological polar surface area (TPSA) is 84.3 Å². The Hall–Kier alpha value is -2.97. The summed E-state index contributed by atoms with van der Waals surface area (Å²) < 4.78 is 1.11. The molecule has 6 heteroatoms. The highest BCUT2D eigenvalue weighted by atomic mass is 127. The van der Waals surface area contributed by atoms with Gasteiger partial charge in [-0.3, -0.25) is 0 Å². The number of hydrogen-bond donors (Lipinski definition) is 1. The molecule has 0 aliphatic carbocycles. The summed E-state index contributed by atoms with van der Waals surface area (Å²) in [4.78, 5) is 8.85. The highest BCUT2D eigenvalue weighted by molar-refractivity contribution is 14.1. The number of anilines is 1. The van der Waals surface area contributed by atoms with Gasteiger partial charge in [0.15, 0.2) is 17.2 Å². The maximum absolute atomic E-state index is 9.18. The van der Waals surface area contributed by atoms with Crippen LogP contribution in [0.3, 0.4) is 0 Å². The number of allylic oxidation sites excluding steroid dienone is 1. The van der Waals surface area contributed by atoms with Crippen LogP contribution in [-0.4, -0.2) is 11.7 Å². The SMILES string of the molecule is N#CC(C#N)=C1N=C(c2ccccc2)N=C1Nc1ccc(I)cc1. The smallest absolute Gasteiger partial charge is 0.162 e. The van der Waals surface area contributed by atoms with Crippen molar-refractivity contribution in [1.29, 1.82) is 10.5 Å². The molecule has 0 spiro atoms. The average Bonchev–Trinajstić information content (AvgIpc) is 3.03. The van der Waals surface area contributed by atoms with Crippen molar-refractivity contribution in [3.05, 3.63) is 75.0 Å². The minimum Gasteiger partial charge on any atom is -0.338 e. The van der Waals surface area contributed by atoms with Crippen molar-refractivity contribution in [2.45, 2.75) is 0 Å². The molecule has 0 atom stereocenters. The molecular formula is C18H10IN5. The molecule has 0 saturated carbocycles. The zero-order valence-electron chi connectivity index (χ0n) is 12.4. The maximum Gasteiger partial charge on any atom is 0.162 e. The third kappa shape index (κ3) is 3.34. The largest absolute Gasteiger partial charge is 0.338 e. The Bertz CT molecular complexity index is 926. The summed E-state index contributed by atoms with van der Waals surface area (Å²) in [7, 11) is 0. The van der Waals surface area contributed by atoms with E-state index in [9.17, 15) is 10.5 Å². The minimum absolute atomic E-state index is 0.0716. The summed E-state index contributed by atoms with van der Waals surface area (Å²) in [5, 5.41) is 21.5. The van der Waals surface area contributed by atoms with Crippen LogP contribution in [0.5, 0.6) is 0 Å². The minimum atomic E-state index is -0.0716. The number of rotatable bonds is 2. The molecular weight excluding hydrogens is 413 g/mol. The lowest BCUT2D eigenvalue weighted by molar-refractivity contribution is 1.38. The second kappa shape index (κ2) is 7.07. The molecule has 0 radical (unpaired) electrons. The molecule has 0 aromatic heterocycles. The van der Waals surface area contributed by atoms with Crippen molar-refractivity contribution in [3.8, 4) is 12.1 Å². The summed E-state index contributed by atoms with van der Waals surface area (Å²) in [6.45, 7) is 0. The fourth-order valence-electron chi connectivity index (χ4n) is 2.12. The van der Waals surface area contributed by atoms with Gasteiger partial charge in [0.25, 0.3) is 0 Å². The number of nitrogens with zero attached hydrogens (tertiary/aromatic N) is 4. The molecule has 0 fully saturated rings. The lowest BCUT2D eigenvalue weighted by atomic mass is 10.2. The molecule has 1 heterocycles. The predicted molar refractivity (Wildman–Crippen MR) is 101 cm³/mol. The first kappa shape index (κ1) is 15.9. The van der Waals surface area contributed by atoms with Crippen molar-refractivity contribution < 1.29 is 0 Å². The Labute approximate surface area is 152 Å². The summed E-state index contributed by atoms with van der Waals surface area (Å²) in [5.41, 5.74) is 1.83. The molecule has 0 saturated heterocycles. The normalized spacial score (nSPS) is 12.7. The maximum atomic E-state index is 9.18. The standard InChI is InChI=1S/C18H10IN5/c19-14-6-8-15(9-7-14)22-18-16(13(10-20)11-21)23-17(24-18)12-4-2-1-3-5-12/h1-9H,(H,22,23,24). The van der Waals surface area contributed by atoms with Crippen LogP contribution in [0.1, 0.15) is 5.56 Å². The molecule has 2 aromatic rings. The first-order valence-corrected chi connectivity index (χ1v) is 8.09. The van der Waals surface area contributed by atoms with E-state index >= 15 is 0 Å². The number of benzene rings is 2. The van der Waals surface area contributed by atoms with E-state index in [4.69, 9.17) is 0 Å². The third-order valence-electron chi connectivity index (χ3n) is 3.26. The fraction of sp³-hybridized carbons (Fsp3) is 0. The number of hydrogen-bond acceptors (Lipinski definition) is 5. The number of nitrogens with one attached hydrogen (secondary N) is 1. The molecule has 1 aliphatic rings. The van der Waals surface area contributed by atoms with Gasteiger partial charge < -0.3 is 5.32 Å². The highest BCUT2D eigenvalue weighted by Crippen LogP contribution is 2.21. The fourth-order valence-corrected chi connectivity index (χ4v) is 2.48. The van der Waals surface area contributed by atoms with Gasteiger partial charge in [-0.05, 0) is 46.9 Å². The van der Waals surface area contributed by atoms with Gasteiger partial charge >= 0.3 is 0 Å². The van der Waals surface area contributed by atoms with Crippen LogP contribution < -0.4 is 5.32 Å². The summed E-state index contributed by atoms with van der Waals surface area (Å²) in [6.07, 6.45) is 0. The Kier molecular flexibility index (Phi) is 4.69. The van der Waals surface area contributed by atoms with Crippen molar-refractivity contribution in [1.82, 2.24) is 0 Å².